The third-order valence-electron chi connectivity index (χ3n) is 10.2. The first-order chi connectivity index (χ1) is 23.6. The average molecular weight is 661 g/mol. The smallest absolute Gasteiger partial charge is 0.335 e. The van der Waals surface area contributed by atoms with Crippen molar-refractivity contribution in [3.8, 4) is 11.3 Å². The molecule has 0 radical (unpaired) electrons. The number of hydrogen-bond acceptors (Lipinski definition) is 4. The van der Waals surface area contributed by atoms with Crippen LogP contribution in [0.1, 0.15) is 85.2 Å². The van der Waals surface area contributed by atoms with E-state index in [1.54, 1.807) is 43.3 Å². The summed E-state index contributed by atoms with van der Waals surface area (Å²) in [7, 11) is 3.51. The van der Waals surface area contributed by atoms with Crippen LogP contribution in [0, 0.1) is 0 Å². The lowest BCUT2D eigenvalue weighted by atomic mass is 9.81. The predicted molar refractivity (Wildman–Crippen MR) is 192 cm³/mol. The Hall–Kier alpha value is -5.18. The summed E-state index contributed by atoms with van der Waals surface area (Å²) in [6, 6.07) is 22.4. The molecule has 0 bridgehead atoms. The van der Waals surface area contributed by atoms with Crippen molar-refractivity contribution in [2.24, 2.45) is 0 Å². The minimum Gasteiger partial charge on any atom is -0.478 e. The Morgan fingerprint density at radius 2 is 1.53 bits per heavy atom. The third kappa shape index (κ3) is 6.88. The zero-order valence-electron chi connectivity index (χ0n) is 28.3. The van der Waals surface area contributed by atoms with Gasteiger partial charge in [-0.2, -0.15) is 0 Å². The van der Waals surface area contributed by atoms with Crippen LogP contribution in [0.25, 0.3) is 27.7 Å². The molecular formula is C40H44N4O5. The fraction of sp³-hybridized carbons (Fsp3) is 0.350. The van der Waals surface area contributed by atoms with Gasteiger partial charge in [0.05, 0.1) is 16.8 Å². The van der Waals surface area contributed by atoms with Gasteiger partial charge in [0.15, 0.2) is 0 Å². The van der Waals surface area contributed by atoms with E-state index < -0.39 is 11.5 Å². The van der Waals surface area contributed by atoms with Crippen molar-refractivity contribution < 1.29 is 24.3 Å². The molecule has 3 aromatic carbocycles. The molecule has 0 saturated heterocycles. The van der Waals surface area contributed by atoms with Gasteiger partial charge in [-0.05, 0) is 72.6 Å². The number of carbonyl (C=O) groups is 4. The Kier molecular flexibility index (Phi) is 9.72. The number of aliphatic carboxylic acids is 1. The number of likely N-dealkylation sites (N-methyl/N-ethyl adjacent to an activating group) is 1. The van der Waals surface area contributed by atoms with Crippen molar-refractivity contribution in [3.05, 3.63) is 96.1 Å². The van der Waals surface area contributed by atoms with Crippen LogP contribution in [-0.4, -0.2) is 57.9 Å². The van der Waals surface area contributed by atoms with Gasteiger partial charge in [0, 0.05) is 30.7 Å². The standard InChI is InChI=1S/C40H44N4O5/c1-26(38(47)48)27-16-19-31(20-17-27)41-39(49)40(22-10-11-23-40)42-37(46)30-18-21-32-33(24-30)44(25-34(45)43(2)3)36(29-14-8-5-9-15-29)35(32)28-12-6-4-7-13-28/h5,8-9,14-21,24,28H,1,4,6-7,10-13,22-23,25H2,2-3H3,(H,41,49)(H,42,46)(H,47,48). The van der Waals surface area contributed by atoms with E-state index >= 15 is 0 Å². The Balaban J connectivity index is 1.36. The van der Waals surface area contributed by atoms with Crippen molar-refractivity contribution in [1.82, 2.24) is 14.8 Å². The summed E-state index contributed by atoms with van der Waals surface area (Å²) in [5.41, 5.74) is 4.38. The first-order valence-corrected chi connectivity index (χ1v) is 17.2. The SMILES string of the molecule is C=C(C(=O)O)c1ccc(NC(=O)C2(NC(=O)c3ccc4c(C5CCCCC5)c(-c5ccccc5)n(CC(=O)N(C)C)c4c3)CCCC2)cc1. The summed E-state index contributed by atoms with van der Waals surface area (Å²) >= 11 is 0. The van der Waals surface area contributed by atoms with Gasteiger partial charge in [0.25, 0.3) is 5.91 Å². The second kappa shape index (κ2) is 14.1. The number of benzene rings is 3. The monoisotopic (exact) mass is 660 g/mol. The fourth-order valence-corrected chi connectivity index (χ4v) is 7.48. The number of carbonyl (C=O) groups excluding carboxylic acids is 3. The molecule has 9 nitrogen and oxygen atoms in total. The van der Waals surface area contributed by atoms with Crippen LogP contribution >= 0.6 is 0 Å². The van der Waals surface area contributed by atoms with Crippen LogP contribution in [0.3, 0.4) is 0 Å². The highest BCUT2D eigenvalue weighted by atomic mass is 16.4. The minimum absolute atomic E-state index is 0.0339. The Bertz CT molecular complexity index is 1900. The summed E-state index contributed by atoms with van der Waals surface area (Å²) < 4.78 is 2.08. The molecule has 254 valence electrons. The molecule has 3 N–H and O–H groups in total. The molecule has 6 rings (SSSR count). The summed E-state index contributed by atoms with van der Waals surface area (Å²) in [5.74, 6) is -1.46. The van der Waals surface area contributed by atoms with Gasteiger partial charge >= 0.3 is 5.97 Å². The van der Waals surface area contributed by atoms with E-state index in [-0.39, 0.29) is 29.8 Å². The highest BCUT2D eigenvalue weighted by Crippen LogP contribution is 2.44. The first kappa shape index (κ1) is 33.7. The van der Waals surface area contributed by atoms with Gasteiger partial charge in [0.2, 0.25) is 11.8 Å². The van der Waals surface area contributed by atoms with Gasteiger partial charge in [0.1, 0.15) is 12.1 Å². The van der Waals surface area contributed by atoms with E-state index in [2.05, 4.69) is 33.9 Å². The van der Waals surface area contributed by atoms with Crippen molar-refractivity contribution in [2.75, 3.05) is 19.4 Å². The van der Waals surface area contributed by atoms with Gasteiger partial charge in [-0.3, -0.25) is 14.4 Å². The number of hydrogen-bond donors (Lipinski definition) is 3. The van der Waals surface area contributed by atoms with Crippen LogP contribution in [0.4, 0.5) is 5.69 Å². The molecule has 1 heterocycles. The van der Waals surface area contributed by atoms with E-state index in [1.165, 1.54) is 12.0 Å². The molecule has 0 spiro atoms. The summed E-state index contributed by atoms with van der Waals surface area (Å²) in [4.78, 5) is 54.0. The second-order valence-electron chi connectivity index (χ2n) is 13.6. The van der Waals surface area contributed by atoms with E-state index in [9.17, 15) is 24.3 Å². The minimum atomic E-state index is -1.11. The molecule has 0 unspecified atom stereocenters. The lowest BCUT2D eigenvalue weighted by Crippen LogP contribution is -2.55. The normalized spacial score (nSPS) is 15.9. The molecule has 0 aliphatic heterocycles. The summed E-state index contributed by atoms with van der Waals surface area (Å²) in [5, 5.41) is 16.3. The Morgan fingerprint density at radius 3 is 2.16 bits per heavy atom. The molecule has 2 aliphatic carbocycles. The number of aromatic nitrogens is 1. The van der Waals surface area contributed by atoms with E-state index in [1.807, 2.05) is 36.4 Å². The highest BCUT2D eigenvalue weighted by molar-refractivity contribution is 6.14. The molecule has 2 aliphatic rings. The number of carboxylic acids is 1. The molecule has 4 aromatic rings. The molecule has 1 aromatic heterocycles. The Labute approximate surface area is 287 Å². The number of nitrogens with zero attached hydrogens (tertiary/aromatic N) is 2. The topological polar surface area (TPSA) is 121 Å². The van der Waals surface area contributed by atoms with Crippen molar-refractivity contribution >= 4 is 45.9 Å². The molecule has 2 saturated carbocycles. The van der Waals surface area contributed by atoms with Crippen LogP contribution in [0.5, 0.6) is 0 Å². The highest BCUT2D eigenvalue weighted by Gasteiger charge is 2.43. The van der Waals surface area contributed by atoms with E-state index in [0.29, 0.717) is 35.6 Å². The van der Waals surface area contributed by atoms with Crippen LogP contribution in [-0.2, 0) is 20.9 Å². The Morgan fingerprint density at radius 1 is 0.878 bits per heavy atom. The van der Waals surface area contributed by atoms with Gasteiger partial charge in [-0.1, -0.05) is 87.2 Å². The zero-order chi connectivity index (χ0) is 34.7. The molecule has 9 heteroatoms. The molecule has 3 amide bonds. The number of nitrogens with one attached hydrogen (secondary N) is 2. The average Bonchev–Trinajstić information content (AvgIpc) is 3.72. The number of fused-ring (bicyclic) bond motifs is 1. The summed E-state index contributed by atoms with van der Waals surface area (Å²) in [6.45, 7) is 3.72. The largest absolute Gasteiger partial charge is 0.478 e. The van der Waals surface area contributed by atoms with Crippen molar-refractivity contribution in [2.45, 2.75) is 75.8 Å². The maximum atomic E-state index is 14.1. The number of rotatable bonds is 10. The van der Waals surface area contributed by atoms with Crippen LogP contribution in [0.2, 0.25) is 0 Å². The predicted octanol–water partition coefficient (Wildman–Crippen LogP) is 7.22. The first-order valence-electron chi connectivity index (χ1n) is 17.2. The number of amides is 3. The van der Waals surface area contributed by atoms with Crippen molar-refractivity contribution in [3.63, 3.8) is 0 Å². The van der Waals surface area contributed by atoms with E-state index in [4.69, 9.17) is 0 Å². The van der Waals surface area contributed by atoms with E-state index in [0.717, 1.165) is 60.7 Å². The molecule has 49 heavy (non-hydrogen) atoms. The van der Waals surface area contributed by atoms with Gasteiger partial charge in [-0.15, -0.1) is 0 Å². The maximum Gasteiger partial charge on any atom is 0.335 e. The van der Waals surface area contributed by atoms with Gasteiger partial charge in [-0.25, -0.2) is 4.79 Å². The quantitative estimate of drug-likeness (QED) is 0.155. The van der Waals surface area contributed by atoms with Crippen LogP contribution in [0.15, 0.2) is 79.4 Å². The van der Waals surface area contributed by atoms with Gasteiger partial charge < -0.3 is 25.2 Å². The third-order valence-corrected chi connectivity index (χ3v) is 10.2. The second-order valence-corrected chi connectivity index (χ2v) is 13.6. The van der Waals surface area contributed by atoms with Crippen LogP contribution < -0.4 is 10.6 Å². The lowest BCUT2D eigenvalue weighted by molar-refractivity contribution is -0.130. The van der Waals surface area contributed by atoms with Crippen molar-refractivity contribution in [1.29, 1.82) is 0 Å². The summed E-state index contributed by atoms with van der Waals surface area (Å²) in [6.07, 6.45) is 8.30. The molecular weight excluding hydrogens is 616 g/mol. The molecule has 2 fully saturated rings. The zero-order valence-corrected chi connectivity index (χ0v) is 28.3. The maximum absolute atomic E-state index is 14.1. The fourth-order valence-electron chi connectivity index (χ4n) is 7.48. The lowest BCUT2D eigenvalue weighted by Gasteiger charge is -2.29. The number of carboxylic acid groups (broad SMARTS) is 1. The number of anilines is 1. The molecule has 0 atom stereocenters.